The Labute approximate surface area is 139 Å². The van der Waals surface area contributed by atoms with Gasteiger partial charge in [0.25, 0.3) is 0 Å². The average Bonchev–Trinajstić information content (AvgIpc) is 2.57. The molecule has 0 amide bonds. The molecule has 104 valence electrons. The van der Waals surface area contributed by atoms with Crippen molar-refractivity contribution in [3.05, 3.63) is 91.0 Å². The maximum atomic E-state index is 3.61. The molecule has 0 aromatic heterocycles. The van der Waals surface area contributed by atoms with Gasteiger partial charge < -0.3 is 0 Å². The van der Waals surface area contributed by atoms with Gasteiger partial charge in [-0.1, -0.05) is 0 Å². The van der Waals surface area contributed by atoms with E-state index in [4.69, 9.17) is 0 Å². The number of hydrogen-bond acceptors (Lipinski definition) is 0. The van der Waals surface area contributed by atoms with Crippen molar-refractivity contribution in [2.24, 2.45) is 0 Å². The molecule has 0 aliphatic rings. The summed E-state index contributed by atoms with van der Waals surface area (Å²) in [6.07, 6.45) is 0. The van der Waals surface area contributed by atoms with Crippen molar-refractivity contribution >= 4 is 48.9 Å². The van der Waals surface area contributed by atoms with Crippen molar-refractivity contribution < 1.29 is 0 Å². The summed E-state index contributed by atoms with van der Waals surface area (Å²) in [4.78, 5) is 0. The Kier molecular flexibility index (Phi) is 4.96. The zero-order valence-corrected chi connectivity index (χ0v) is 15.7. The fraction of sp³-hybridized carbons (Fsp3) is 0. The standard InChI is InChI=1S/C18H15PSe2/c20-19(16-10-4-1-5-11-16,17-12-6-2-7-13-17)21-18-14-8-3-9-15-18/h1-15H. The molecule has 0 spiro atoms. The molecule has 0 fully saturated rings. The summed E-state index contributed by atoms with van der Waals surface area (Å²) in [6, 6.07) is 32.7. The molecule has 0 bridgehead atoms. The zero-order chi connectivity index (χ0) is 14.5. The molecule has 3 aromatic rings. The molecule has 21 heavy (non-hydrogen) atoms. The molecule has 0 aliphatic carbocycles. The molecule has 0 aliphatic heterocycles. The van der Waals surface area contributed by atoms with Gasteiger partial charge in [0, 0.05) is 0 Å². The van der Waals surface area contributed by atoms with Crippen LogP contribution in [-0.2, 0) is 0 Å². The third-order valence-electron chi connectivity index (χ3n) is 3.17. The molecule has 0 atom stereocenters. The van der Waals surface area contributed by atoms with E-state index in [9.17, 15) is 0 Å². The summed E-state index contributed by atoms with van der Waals surface area (Å²) < 4.78 is -0.00959. The molecule has 3 rings (SSSR count). The van der Waals surface area contributed by atoms with Crippen molar-refractivity contribution in [1.29, 1.82) is 0 Å². The third-order valence-corrected chi connectivity index (χ3v) is 16.9. The first-order chi connectivity index (χ1) is 10.3. The van der Waals surface area contributed by atoms with Crippen LogP contribution in [0.5, 0.6) is 0 Å². The van der Waals surface area contributed by atoms with Gasteiger partial charge in [-0.3, -0.25) is 0 Å². The number of rotatable bonds is 4. The van der Waals surface area contributed by atoms with E-state index in [1.807, 2.05) is 0 Å². The van der Waals surface area contributed by atoms with Crippen LogP contribution in [0.1, 0.15) is 0 Å². The Morgan fingerprint density at radius 2 is 0.952 bits per heavy atom. The van der Waals surface area contributed by atoms with Crippen LogP contribution in [0.3, 0.4) is 0 Å². The van der Waals surface area contributed by atoms with Gasteiger partial charge >= 0.3 is 140 Å². The van der Waals surface area contributed by atoms with E-state index in [-0.39, 0.29) is 0 Å². The van der Waals surface area contributed by atoms with Crippen LogP contribution in [0.25, 0.3) is 0 Å². The van der Waals surface area contributed by atoms with Gasteiger partial charge in [0.15, 0.2) is 0 Å². The molecule has 0 radical (unpaired) electrons. The summed E-state index contributed by atoms with van der Waals surface area (Å²) in [6.45, 7) is 0. The Balaban J connectivity index is 2.10. The predicted molar refractivity (Wildman–Crippen MR) is 96.7 cm³/mol. The topological polar surface area (TPSA) is 0 Å². The van der Waals surface area contributed by atoms with Crippen LogP contribution in [-0.4, -0.2) is 29.6 Å². The molecule has 0 nitrogen and oxygen atoms in total. The van der Waals surface area contributed by atoms with Crippen molar-refractivity contribution in [1.82, 2.24) is 0 Å². The Hall–Kier alpha value is -0.871. The normalized spacial score (nSPS) is 11.2. The van der Waals surface area contributed by atoms with Crippen molar-refractivity contribution in [3.63, 3.8) is 0 Å². The van der Waals surface area contributed by atoms with Crippen molar-refractivity contribution in [2.75, 3.05) is 0 Å². The second-order valence-electron chi connectivity index (χ2n) is 4.63. The summed E-state index contributed by atoms with van der Waals surface area (Å²) in [5, 5.41) is 2.89. The second kappa shape index (κ2) is 6.93. The Morgan fingerprint density at radius 3 is 1.38 bits per heavy atom. The van der Waals surface area contributed by atoms with E-state index in [0.717, 1.165) is 0 Å². The van der Waals surface area contributed by atoms with Gasteiger partial charge in [-0.2, -0.15) is 0 Å². The van der Waals surface area contributed by atoms with Crippen molar-refractivity contribution in [3.8, 4) is 0 Å². The SMILES string of the molecule is [Se]=P([Se]c1ccccc1)(c1ccccc1)c1ccccc1. The van der Waals surface area contributed by atoms with Crippen LogP contribution in [0.15, 0.2) is 91.0 Å². The fourth-order valence-corrected chi connectivity index (χ4v) is 14.4. The first-order valence-corrected chi connectivity index (χ1v) is 13.8. The number of benzene rings is 3. The van der Waals surface area contributed by atoms with Crippen LogP contribution in [0.2, 0.25) is 0 Å². The molecule has 0 saturated heterocycles. The minimum absolute atomic E-state index is 0.386. The summed E-state index contributed by atoms with van der Waals surface area (Å²) >= 11 is 4.00. The average molecular weight is 420 g/mol. The summed E-state index contributed by atoms with van der Waals surface area (Å²) in [5.74, 6) is 0. The predicted octanol–water partition coefficient (Wildman–Crippen LogP) is 2.68. The third kappa shape index (κ3) is 3.49. The van der Waals surface area contributed by atoms with Gasteiger partial charge in [0.1, 0.15) is 0 Å². The van der Waals surface area contributed by atoms with E-state index in [1.165, 1.54) is 15.1 Å². The van der Waals surface area contributed by atoms with Gasteiger partial charge in [0.2, 0.25) is 0 Å². The Bertz CT molecular complexity index is 696. The monoisotopic (exact) mass is 422 g/mol. The van der Waals surface area contributed by atoms with Gasteiger partial charge in [0.05, 0.1) is 0 Å². The molecule has 3 heteroatoms. The van der Waals surface area contributed by atoms with Crippen LogP contribution < -0.4 is 15.1 Å². The van der Waals surface area contributed by atoms with E-state index in [1.54, 1.807) is 0 Å². The van der Waals surface area contributed by atoms with E-state index >= 15 is 0 Å². The van der Waals surface area contributed by atoms with E-state index in [0.29, 0.717) is 14.5 Å². The molecule has 0 unspecified atom stereocenters. The van der Waals surface area contributed by atoms with Gasteiger partial charge in [-0.25, -0.2) is 0 Å². The zero-order valence-electron chi connectivity index (χ0n) is 11.4. The number of hydrogen-bond donors (Lipinski definition) is 0. The van der Waals surface area contributed by atoms with E-state index in [2.05, 4.69) is 106 Å². The first-order valence-electron chi connectivity index (χ1n) is 6.75. The molecular weight excluding hydrogens is 405 g/mol. The quantitative estimate of drug-likeness (QED) is 0.450. The van der Waals surface area contributed by atoms with Crippen molar-refractivity contribution in [2.45, 2.75) is 0 Å². The Morgan fingerprint density at radius 1 is 0.571 bits per heavy atom. The van der Waals surface area contributed by atoms with Gasteiger partial charge in [-0.05, 0) is 0 Å². The minimum atomic E-state index is -1.46. The fourth-order valence-electron chi connectivity index (χ4n) is 2.13. The van der Waals surface area contributed by atoms with Gasteiger partial charge in [-0.15, -0.1) is 0 Å². The van der Waals surface area contributed by atoms with E-state index < -0.39 is 4.20 Å². The molecule has 0 N–H and O–H groups in total. The van der Waals surface area contributed by atoms with Crippen LogP contribution in [0, 0.1) is 0 Å². The molecular formula is C18H15PSe2. The first kappa shape index (κ1) is 15.0. The maximum absolute atomic E-state index is 3.61. The van der Waals surface area contributed by atoms with Crippen LogP contribution in [0.4, 0.5) is 0 Å². The molecule has 3 aromatic carbocycles. The summed E-state index contributed by atoms with van der Waals surface area (Å²) in [5.41, 5.74) is 0. The molecule has 0 saturated carbocycles. The molecule has 0 heterocycles. The second-order valence-corrected chi connectivity index (χ2v) is 19.5. The summed E-state index contributed by atoms with van der Waals surface area (Å²) in [7, 11) is 0. The van der Waals surface area contributed by atoms with Crippen LogP contribution >= 0.6 is 4.20 Å².